The maximum absolute atomic E-state index is 10.6. The van der Waals surface area contributed by atoms with E-state index in [1.807, 2.05) is 66.7 Å². The summed E-state index contributed by atoms with van der Waals surface area (Å²) in [6, 6.07) is 29.7. The summed E-state index contributed by atoms with van der Waals surface area (Å²) in [7, 11) is 0. The molecule has 2 N–H and O–H groups in total. The highest BCUT2D eigenvalue weighted by molar-refractivity contribution is 5.19. The molecule has 0 aliphatic rings. The summed E-state index contributed by atoms with van der Waals surface area (Å²) in [5.41, 5.74) is 3.11. The van der Waals surface area contributed by atoms with E-state index in [2.05, 4.69) is 29.2 Å². The Balaban J connectivity index is 1.72. The van der Waals surface area contributed by atoms with Crippen LogP contribution in [0.3, 0.4) is 0 Å². The van der Waals surface area contributed by atoms with E-state index in [9.17, 15) is 10.2 Å². The van der Waals surface area contributed by atoms with Gasteiger partial charge in [-0.2, -0.15) is 0 Å². The van der Waals surface area contributed by atoms with Crippen molar-refractivity contribution >= 4 is 0 Å². The maximum atomic E-state index is 10.6. The minimum atomic E-state index is -0.898. The van der Waals surface area contributed by atoms with E-state index in [1.54, 1.807) is 0 Å². The average molecular weight is 347 g/mol. The molecule has 3 nitrogen and oxygen atoms in total. The molecule has 0 radical (unpaired) electrons. The Morgan fingerprint density at radius 1 is 0.615 bits per heavy atom. The van der Waals surface area contributed by atoms with Gasteiger partial charge < -0.3 is 10.2 Å². The van der Waals surface area contributed by atoms with Crippen molar-refractivity contribution in [1.82, 2.24) is 4.90 Å². The van der Waals surface area contributed by atoms with Crippen LogP contribution in [0.4, 0.5) is 0 Å². The molecule has 0 fully saturated rings. The molecule has 0 saturated carbocycles. The first-order chi connectivity index (χ1) is 12.7. The quantitative estimate of drug-likeness (QED) is 0.652. The first-order valence-electron chi connectivity index (χ1n) is 8.93. The van der Waals surface area contributed by atoms with Gasteiger partial charge in [-0.1, -0.05) is 91.0 Å². The van der Waals surface area contributed by atoms with Crippen molar-refractivity contribution in [2.45, 2.75) is 25.3 Å². The molecule has 0 spiro atoms. The molecule has 26 heavy (non-hydrogen) atoms. The van der Waals surface area contributed by atoms with E-state index in [1.165, 1.54) is 11.1 Å². The van der Waals surface area contributed by atoms with Gasteiger partial charge in [-0.15, -0.1) is 0 Å². The van der Waals surface area contributed by atoms with Crippen LogP contribution >= 0.6 is 0 Å². The van der Waals surface area contributed by atoms with Gasteiger partial charge in [0.1, 0.15) is 6.10 Å². The smallest absolute Gasteiger partial charge is 0.106 e. The van der Waals surface area contributed by atoms with Crippen molar-refractivity contribution in [3.05, 3.63) is 108 Å². The second kappa shape index (κ2) is 9.30. The highest BCUT2D eigenvalue weighted by Gasteiger charge is 2.21. The second-order valence-electron chi connectivity index (χ2n) is 6.56. The van der Waals surface area contributed by atoms with Crippen molar-refractivity contribution in [2.24, 2.45) is 0 Å². The Labute approximate surface area is 155 Å². The largest absolute Gasteiger partial charge is 0.389 e. The minimum absolute atomic E-state index is 0.389. The minimum Gasteiger partial charge on any atom is -0.389 e. The summed E-state index contributed by atoms with van der Waals surface area (Å²) in [4.78, 5) is 2.17. The summed E-state index contributed by atoms with van der Waals surface area (Å²) in [5.74, 6) is 0. The topological polar surface area (TPSA) is 43.7 Å². The van der Waals surface area contributed by atoms with Crippen molar-refractivity contribution < 1.29 is 10.2 Å². The second-order valence-corrected chi connectivity index (χ2v) is 6.56. The predicted molar refractivity (Wildman–Crippen MR) is 104 cm³/mol. The van der Waals surface area contributed by atoms with Gasteiger partial charge in [0, 0.05) is 19.6 Å². The number of aliphatic hydroxyl groups excluding tert-OH is 2. The fraction of sp³-hybridized carbons (Fsp3) is 0.217. The molecule has 0 heterocycles. The Bertz CT molecular complexity index is 720. The summed E-state index contributed by atoms with van der Waals surface area (Å²) in [5, 5.41) is 21.1. The van der Waals surface area contributed by atoms with Gasteiger partial charge in [0.15, 0.2) is 0 Å². The number of benzene rings is 3. The number of hydrogen-bond donors (Lipinski definition) is 2. The van der Waals surface area contributed by atoms with Crippen LogP contribution in [0.1, 0.15) is 22.8 Å². The fourth-order valence-corrected chi connectivity index (χ4v) is 3.10. The highest BCUT2D eigenvalue weighted by atomic mass is 16.3. The van der Waals surface area contributed by atoms with Crippen LogP contribution in [0.2, 0.25) is 0 Å². The van der Waals surface area contributed by atoms with Crippen molar-refractivity contribution in [3.8, 4) is 0 Å². The zero-order valence-electron chi connectivity index (χ0n) is 14.8. The van der Waals surface area contributed by atoms with E-state index in [0.29, 0.717) is 19.6 Å². The molecular formula is C23H25NO2. The fourth-order valence-electron chi connectivity index (χ4n) is 3.10. The zero-order valence-corrected chi connectivity index (χ0v) is 14.8. The van der Waals surface area contributed by atoms with Crippen LogP contribution in [0.5, 0.6) is 0 Å². The number of nitrogens with zero attached hydrogens (tertiary/aromatic N) is 1. The zero-order chi connectivity index (χ0) is 18.2. The molecule has 3 aromatic rings. The molecule has 2 atom stereocenters. The van der Waals surface area contributed by atoms with Crippen molar-refractivity contribution in [3.63, 3.8) is 0 Å². The highest BCUT2D eigenvalue weighted by Crippen LogP contribution is 2.19. The van der Waals surface area contributed by atoms with Crippen LogP contribution in [-0.2, 0) is 13.1 Å². The molecule has 3 aromatic carbocycles. The van der Waals surface area contributed by atoms with E-state index in [4.69, 9.17) is 0 Å². The first kappa shape index (κ1) is 18.3. The SMILES string of the molecule is O[C@H](c1ccccc1)[C@@H](O)CN(Cc1ccccc1)Cc1ccccc1. The predicted octanol–water partition coefficient (Wildman–Crippen LogP) is 3.78. The van der Waals surface area contributed by atoms with Gasteiger partial charge in [-0.25, -0.2) is 0 Å². The van der Waals surface area contributed by atoms with E-state index in [0.717, 1.165) is 5.56 Å². The third-order valence-electron chi connectivity index (χ3n) is 4.45. The van der Waals surface area contributed by atoms with Gasteiger partial charge in [0.05, 0.1) is 6.10 Å². The molecular weight excluding hydrogens is 322 g/mol. The van der Waals surface area contributed by atoms with E-state index >= 15 is 0 Å². The van der Waals surface area contributed by atoms with Gasteiger partial charge in [0.2, 0.25) is 0 Å². The normalized spacial score (nSPS) is 13.5. The van der Waals surface area contributed by atoms with Crippen LogP contribution in [0, 0.1) is 0 Å². The summed E-state index contributed by atoms with van der Waals surface area (Å²) >= 11 is 0. The Morgan fingerprint density at radius 3 is 1.50 bits per heavy atom. The third-order valence-corrected chi connectivity index (χ3v) is 4.45. The van der Waals surface area contributed by atoms with Crippen LogP contribution in [-0.4, -0.2) is 27.8 Å². The van der Waals surface area contributed by atoms with Crippen LogP contribution < -0.4 is 0 Å². The lowest BCUT2D eigenvalue weighted by atomic mass is 10.0. The molecule has 0 aliphatic carbocycles. The maximum Gasteiger partial charge on any atom is 0.106 e. The Morgan fingerprint density at radius 2 is 1.04 bits per heavy atom. The van der Waals surface area contributed by atoms with E-state index < -0.39 is 12.2 Å². The molecule has 0 amide bonds. The molecule has 0 unspecified atom stereocenters. The van der Waals surface area contributed by atoms with Gasteiger partial charge in [-0.05, 0) is 16.7 Å². The lowest BCUT2D eigenvalue weighted by molar-refractivity contribution is -0.00679. The monoisotopic (exact) mass is 347 g/mol. The van der Waals surface area contributed by atoms with E-state index in [-0.39, 0.29) is 0 Å². The first-order valence-corrected chi connectivity index (χ1v) is 8.93. The Kier molecular flexibility index (Phi) is 6.56. The molecule has 0 aliphatic heterocycles. The van der Waals surface area contributed by atoms with Crippen LogP contribution in [0.25, 0.3) is 0 Å². The number of rotatable bonds is 8. The molecule has 0 bridgehead atoms. The summed E-state index contributed by atoms with van der Waals surface area (Å²) < 4.78 is 0. The average Bonchev–Trinajstić information content (AvgIpc) is 2.69. The molecule has 134 valence electrons. The molecule has 0 aromatic heterocycles. The van der Waals surface area contributed by atoms with Crippen molar-refractivity contribution in [2.75, 3.05) is 6.54 Å². The lowest BCUT2D eigenvalue weighted by Gasteiger charge is -2.28. The molecule has 0 saturated heterocycles. The lowest BCUT2D eigenvalue weighted by Crippen LogP contribution is -2.35. The molecule has 3 rings (SSSR count). The van der Waals surface area contributed by atoms with Gasteiger partial charge >= 0.3 is 0 Å². The Hall–Kier alpha value is -2.46. The third kappa shape index (κ3) is 5.27. The number of hydrogen-bond acceptors (Lipinski definition) is 3. The van der Waals surface area contributed by atoms with Crippen LogP contribution in [0.15, 0.2) is 91.0 Å². The summed E-state index contributed by atoms with van der Waals surface area (Å²) in [6.07, 6.45) is -1.75. The standard InChI is InChI=1S/C23H25NO2/c25-22(23(26)21-14-8-3-9-15-21)18-24(16-19-10-4-1-5-11-19)17-20-12-6-2-7-13-20/h1-15,22-23,25-26H,16-18H2/t22-,23+/m0/s1. The number of aliphatic hydroxyl groups is 2. The van der Waals surface area contributed by atoms with Crippen molar-refractivity contribution in [1.29, 1.82) is 0 Å². The molecule has 3 heteroatoms. The van der Waals surface area contributed by atoms with Gasteiger partial charge in [0.25, 0.3) is 0 Å². The summed E-state index contributed by atoms with van der Waals surface area (Å²) in [6.45, 7) is 1.82. The van der Waals surface area contributed by atoms with Gasteiger partial charge in [-0.3, -0.25) is 4.90 Å².